The fraction of sp³-hybridized carbons (Fsp3) is 0.208. The summed E-state index contributed by atoms with van der Waals surface area (Å²) in [4.78, 5) is 29.8. The van der Waals surface area contributed by atoms with Gasteiger partial charge in [0.05, 0.1) is 11.6 Å². The number of nitrogens with zero attached hydrogens (tertiary/aromatic N) is 1. The van der Waals surface area contributed by atoms with Gasteiger partial charge in [0.2, 0.25) is 0 Å². The predicted molar refractivity (Wildman–Crippen MR) is 113 cm³/mol. The minimum absolute atomic E-state index is 0.0710. The Labute approximate surface area is 168 Å². The van der Waals surface area contributed by atoms with E-state index in [1.807, 2.05) is 54.6 Å². The van der Waals surface area contributed by atoms with Gasteiger partial charge in [-0.3, -0.25) is 9.78 Å². The van der Waals surface area contributed by atoms with Crippen molar-refractivity contribution in [3.63, 3.8) is 0 Å². The second-order valence-corrected chi connectivity index (χ2v) is 7.32. The minimum Gasteiger partial charge on any atom is -0.311 e. The van der Waals surface area contributed by atoms with Crippen LogP contribution in [0.15, 0.2) is 70.3 Å². The van der Waals surface area contributed by atoms with E-state index in [2.05, 4.69) is 22.1 Å². The Morgan fingerprint density at radius 2 is 1.76 bits per heavy atom. The lowest BCUT2D eigenvalue weighted by Crippen LogP contribution is -2.30. The average molecular weight is 383 g/mol. The molecule has 1 aliphatic rings. The average Bonchev–Trinajstić information content (AvgIpc) is 2.76. The van der Waals surface area contributed by atoms with Crippen LogP contribution in [0.1, 0.15) is 53.1 Å². The van der Waals surface area contributed by atoms with Crippen LogP contribution in [-0.4, -0.2) is 9.97 Å². The molecule has 5 nitrogen and oxygen atoms in total. The van der Waals surface area contributed by atoms with Crippen LogP contribution in [0.4, 0.5) is 0 Å². The highest BCUT2D eigenvalue weighted by Crippen LogP contribution is 2.36. The van der Waals surface area contributed by atoms with Crippen molar-refractivity contribution >= 4 is 5.57 Å². The molecule has 3 aromatic rings. The molecule has 0 saturated heterocycles. The van der Waals surface area contributed by atoms with Crippen LogP contribution in [0.25, 0.3) is 5.57 Å². The van der Waals surface area contributed by atoms with Crippen LogP contribution in [0.2, 0.25) is 0 Å². The monoisotopic (exact) mass is 383 g/mol. The van der Waals surface area contributed by atoms with E-state index < -0.39 is 5.69 Å². The molecule has 144 valence electrons. The Bertz CT molecular complexity index is 1210. The van der Waals surface area contributed by atoms with Crippen LogP contribution >= 0.6 is 0 Å². The van der Waals surface area contributed by atoms with E-state index >= 15 is 0 Å². The van der Waals surface area contributed by atoms with Crippen molar-refractivity contribution in [1.29, 1.82) is 5.26 Å². The van der Waals surface area contributed by atoms with Crippen molar-refractivity contribution < 1.29 is 0 Å². The number of allylic oxidation sites excluding steroid dienone is 2. The quantitative estimate of drug-likeness (QED) is 0.716. The summed E-state index contributed by atoms with van der Waals surface area (Å²) in [5.74, 6) is 0.0710. The highest BCUT2D eigenvalue weighted by atomic mass is 16.2. The maximum Gasteiger partial charge on any atom is 0.325 e. The molecule has 1 atom stereocenters. The molecule has 2 N–H and O–H groups in total. The number of aromatic nitrogens is 2. The molecular formula is C24H21N3O2. The van der Waals surface area contributed by atoms with Crippen molar-refractivity contribution in [2.75, 3.05) is 0 Å². The van der Waals surface area contributed by atoms with Crippen LogP contribution in [0, 0.1) is 11.3 Å². The van der Waals surface area contributed by atoms with Gasteiger partial charge in [0.1, 0.15) is 0 Å². The van der Waals surface area contributed by atoms with Crippen molar-refractivity contribution in [1.82, 2.24) is 9.97 Å². The van der Waals surface area contributed by atoms with Crippen LogP contribution in [0.3, 0.4) is 0 Å². The molecule has 0 amide bonds. The normalized spacial score (nSPS) is 16.1. The number of nitrogens with one attached hydrogen (secondary N) is 2. The number of rotatable bonds is 4. The molecule has 2 aromatic carbocycles. The second kappa shape index (κ2) is 8.15. The van der Waals surface area contributed by atoms with Gasteiger partial charge in [0.15, 0.2) is 0 Å². The molecule has 0 radical (unpaired) electrons. The number of hydrogen-bond acceptors (Lipinski definition) is 3. The summed E-state index contributed by atoms with van der Waals surface area (Å²) in [7, 11) is 0. The first kappa shape index (κ1) is 18.7. The lowest BCUT2D eigenvalue weighted by atomic mass is 9.82. The first-order valence-electron chi connectivity index (χ1n) is 9.73. The standard InChI is InChI=1S/C24H21N3O2/c25-15-19-8-4-5-9-20(19)17-10-12-18(13-11-17)22-21(23(28)27-24(29)26-22)14-16-6-2-1-3-7-16/h1-10,18H,11-14H2,(H2,26,27,28,29). The van der Waals surface area contributed by atoms with Gasteiger partial charge < -0.3 is 4.98 Å². The molecule has 1 unspecified atom stereocenters. The minimum atomic E-state index is -0.466. The summed E-state index contributed by atoms with van der Waals surface area (Å²) in [6.07, 6.45) is 4.94. The lowest BCUT2D eigenvalue weighted by Gasteiger charge is -2.24. The molecular weight excluding hydrogens is 362 g/mol. The summed E-state index contributed by atoms with van der Waals surface area (Å²) >= 11 is 0. The van der Waals surface area contributed by atoms with Crippen LogP contribution in [-0.2, 0) is 6.42 Å². The van der Waals surface area contributed by atoms with Gasteiger partial charge in [-0.2, -0.15) is 5.26 Å². The summed E-state index contributed by atoms with van der Waals surface area (Å²) < 4.78 is 0. The largest absolute Gasteiger partial charge is 0.325 e. The highest BCUT2D eigenvalue weighted by molar-refractivity contribution is 5.71. The molecule has 0 bridgehead atoms. The number of H-pyrrole nitrogens is 2. The van der Waals surface area contributed by atoms with Gasteiger partial charge in [-0.15, -0.1) is 0 Å². The maximum absolute atomic E-state index is 12.6. The van der Waals surface area contributed by atoms with E-state index in [0.29, 0.717) is 17.5 Å². The molecule has 4 rings (SSSR count). The molecule has 1 aliphatic carbocycles. The van der Waals surface area contributed by atoms with Gasteiger partial charge in [0.25, 0.3) is 5.56 Å². The Morgan fingerprint density at radius 1 is 1.00 bits per heavy atom. The van der Waals surface area contributed by atoms with Gasteiger partial charge in [-0.1, -0.05) is 54.6 Å². The van der Waals surface area contributed by atoms with Crippen molar-refractivity contribution in [3.05, 3.63) is 109 Å². The van der Waals surface area contributed by atoms with Crippen LogP contribution in [0.5, 0.6) is 0 Å². The fourth-order valence-corrected chi connectivity index (χ4v) is 4.06. The zero-order valence-electron chi connectivity index (χ0n) is 15.9. The van der Waals surface area contributed by atoms with Gasteiger partial charge >= 0.3 is 5.69 Å². The smallest absolute Gasteiger partial charge is 0.311 e. The maximum atomic E-state index is 12.6. The lowest BCUT2D eigenvalue weighted by molar-refractivity contribution is 0.596. The Morgan fingerprint density at radius 3 is 2.48 bits per heavy atom. The van der Waals surface area contributed by atoms with Crippen LogP contribution < -0.4 is 11.2 Å². The van der Waals surface area contributed by atoms with E-state index in [1.54, 1.807) is 0 Å². The highest BCUT2D eigenvalue weighted by Gasteiger charge is 2.23. The zero-order chi connectivity index (χ0) is 20.2. The molecule has 0 spiro atoms. The number of benzene rings is 2. The molecule has 5 heteroatoms. The van der Waals surface area contributed by atoms with Gasteiger partial charge in [-0.25, -0.2) is 4.79 Å². The SMILES string of the molecule is N#Cc1ccccc1C1=CCC(c2[nH]c(=O)[nH]c(=O)c2Cc2ccccc2)CC1. The summed E-state index contributed by atoms with van der Waals surface area (Å²) in [5, 5.41) is 9.36. The summed E-state index contributed by atoms with van der Waals surface area (Å²) in [5.41, 5.74) is 4.38. The van der Waals surface area contributed by atoms with E-state index in [4.69, 9.17) is 0 Å². The van der Waals surface area contributed by atoms with Crippen molar-refractivity contribution in [2.45, 2.75) is 31.6 Å². The van der Waals surface area contributed by atoms with Crippen molar-refractivity contribution in [3.8, 4) is 6.07 Å². The van der Waals surface area contributed by atoms with E-state index in [1.165, 1.54) is 0 Å². The van der Waals surface area contributed by atoms with E-state index in [-0.39, 0.29) is 11.5 Å². The number of hydrogen-bond donors (Lipinski definition) is 2. The number of aromatic amines is 2. The van der Waals surface area contributed by atoms with E-state index in [0.717, 1.165) is 41.7 Å². The topological polar surface area (TPSA) is 89.5 Å². The molecule has 0 aliphatic heterocycles. The third-order valence-electron chi connectivity index (χ3n) is 5.51. The Hall–Kier alpha value is -3.65. The molecule has 0 fully saturated rings. The first-order chi connectivity index (χ1) is 14.2. The number of nitriles is 1. The third-order valence-corrected chi connectivity index (χ3v) is 5.51. The fourth-order valence-electron chi connectivity index (χ4n) is 4.06. The zero-order valence-corrected chi connectivity index (χ0v) is 15.9. The Balaban J connectivity index is 1.66. The Kier molecular flexibility index (Phi) is 5.26. The first-order valence-corrected chi connectivity index (χ1v) is 9.73. The molecule has 1 aromatic heterocycles. The second-order valence-electron chi connectivity index (χ2n) is 7.32. The molecule has 1 heterocycles. The molecule has 29 heavy (non-hydrogen) atoms. The van der Waals surface area contributed by atoms with Gasteiger partial charge in [-0.05, 0) is 42.0 Å². The van der Waals surface area contributed by atoms with Gasteiger partial charge in [0, 0.05) is 23.6 Å². The molecule has 0 saturated carbocycles. The van der Waals surface area contributed by atoms with Crippen molar-refractivity contribution in [2.24, 2.45) is 0 Å². The summed E-state index contributed by atoms with van der Waals surface area (Å²) in [6.45, 7) is 0. The predicted octanol–water partition coefficient (Wildman–Crippen LogP) is 3.88. The van der Waals surface area contributed by atoms with E-state index in [9.17, 15) is 14.9 Å². The third kappa shape index (κ3) is 3.97. The summed E-state index contributed by atoms with van der Waals surface area (Å²) in [6, 6.07) is 19.6.